The number of benzene rings is 1. The first-order valence-electron chi connectivity index (χ1n) is 11.2. The van der Waals surface area contributed by atoms with Gasteiger partial charge in [0, 0.05) is 26.2 Å². The monoisotopic (exact) mass is 657 g/mol. The van der Waals surface area contributed by atoms with E-state index in [2.05, 4.69) is 25.7 Å². The Hall–Kier alpha value is -1.67. The minimum Gasteiger partial charge on any atom is -0.392 e. The number of piperidine rings is 1. The molecular weight excluding hydrogens is 617 g/mol. The molecule has 2 saturated heterocycles. The molecule has 10 nitrogen and oxygen atoms in total. The molecule has 2 atom stereocenters. The maximum Gasteiger partial charge on any atom is 0.278 e. The highest BCUT2D eigenvalue weighted by Gasteiger charge is 2.34. The number of hydrogen-bond acceptors (Lipinski definition) is 7. The number of aromatic nitrogens is 4. The van der Waals surface area contributed by atoms with E-state index in [1.54, 1.807) is 23.0 Å². The number of nitrogens with one attached hydrogen (secondary N) is 3. The molecule has 5 rings (SSSR count). The Kier molecular flexibility index (Phi) is 17.5. The number of aliphatic hydroxyl groups excluding tert-OH is 1. The number of fused-ring (bicyclic) bond motifs is 1. The molecule has 4 N–H and O–H groups in total. The van der Waals surface area contributed by atoms with E-state index in [0.29, 0.717) is 72.5 Å². The summed E-state index contributed by atoms with van der Waals surface area (Å²) in [4.78, 5) is 34.7. The number of likely N-dealkylation sites (tertiary alicyclic amines) is 1. The number of carbonyl (C=O) groups excluding carboxylic acids is 1. The van der Waals surface area contributed by atoms with E-state index in [1.807, 2.05) is 11.0 Å². The lowest BCUT2D eigenvalue weighted by atomic mass is 10.0. The van der Waals surface area contributed by atoms with Crippen LogP contribution in [-0.4, -0.2) is 67.4 Å². The average molecular weight is 659 g/mol. The fourth-order valence-corrected chi connectivity index (χ4v) is 4.94. The Bertz CT molecular complexity index is 1290. The summed E-state index contributed by atoms with van der Waals surface area (Å²) in [5, 5.41) is 21.2. The van der Waals surface area contributed by atoms with Gasteiger partial charge in [-0.3, -0.25) is 19.3 Å². The molecule has 0 spiro atoms. The van der Waals surface area contributed by atoms with Gasteiger partial charge in [-0.05, 0) is 37.0 Å². The number of rotatable bonds is 5. The van der Waals surface area contributed by atoms with E-state index in [-0.39, 0.29) is 85.2 Å². The minimum atomic E-state index is -0.468. The van der Waals surface area contributed by atoms with Gasteiger partial charge in [-0.15, -0.1) is 12.4 Å². The maximum absolute atomic E-state index is 12.9. The third-order valence-electron chi connectivity index (χ3n) is 6.43. The standard InChI is InChI=1S/C22H25Cl2N7O3.3CH4.ClH.2H2S/c23-15-2-1-12(7-16(15)24)9-26-22-28-18-11-27-31(19(18)20(33)29-22)13-3-5-30(6-4-13)21(34)17-8-14(32)10-25-17;;;;;;/h1-2,7,11,13-14,17,25,32H,3-6,8-10H2,(H2,26,28,29,33);3*1H4;1H;2*1H2/t14-,17-;;;;;;/m0....../s1. The number of aliphatic hydroxyl groups is 1. The second kappa shape index (κ2) is 17.3. The van der Waals surface area contributed by atoms with E-state index in [1.165, 1.54) is 0 Å². The first-order chi connectivity index (χ1) is 16.4. The lowest BCUT2D eigenvalue weighted by Crippen LogP contribution is -2.47. The number of carbonyl (C=O) groups is 1. The Balaban J connectivity index is 0. The molecule has 15 heteroatoms. The third kappa shape index (κ3) is 8.67. The maximum atomic E-state index is 12.9. The van der Waals surface area contributed by atoms with Crippen LogP contribution in [0, 0.1) is 0 Å². The summed E-state index contributed by atoms with van der Waals surface area (Å²) in [7, 11) is 0. The quantitative estimate of drug-likeness (QED) is 0.318. The van der Waals surface area contributed by atoms with Gasteiger partial charge >= 0.3 is 0 Å². The molecule has 1 aromatic carbocycles. The SMILES string of the molecule is C.C.C.Cl.O=C([C@@H]1C[C@H](O)CN1)N1CCC(n2ncc3nc(NCc4ccc(Cl)c(Cl)c4)[nH]c(=O)c32)CC1.S.S. The molecular formula is C25H42Cl3N7O3S2. The van der Waals surface area contributed by atoms with E-state index in [9.17, 15) is 14.7 Å². The fraction of sp³-hybridized carbons (Fsp3) is 0.520. The molecule has 2 fully saturated rings. The number of anilines is 1. The first-order valence-corrected chi connectivity index (χ1v) is 12.0. The molecule has 4 heterocycles. The lowest BCUT2D eigenvalue weighted by Gasteiger charge is -2.33. The zero-order valence-corrected chi connectivity index (χ0v) is 24.0. The Morgan fingerprint density at radius 2 is 1.80 bits per heavy atom. The Morgan fingerprint density at radius 3 is 2.40 bits per heavy atom. The molecule has 0 radical (unpaired) electrons. The highest BCUT2D eigenvalue weighted by Crippen LogP contribution is 2.26. The number of halogens is 3. The van der Waals surface area contributed by atoms with Crippen molar-refractivity contribution >= 4 is 85.5 Å². The smallest absolute Gasteiger partial charge is 0.278 e. The highest BCUT2D eigenvalue weighted by molar-refractivity contribution is 7.59. The van der Waals surface area contributed by atoms with Gasteiger partial charge in [0.05, 0.1) is 34.4 Å². The van der Waals surface area contributed by atoms with Crippen molar-refractivity contribution < 1.29 is 9.90 Å². The van der Waals surface area contributed by atoms with E-state index < -0.39 is 6.10 Å². The molecule has 2 aliphatic rings. The average Bonchev–Trinajstić information content (AvgIpc) is 3.46. The normalized spacial score (nSPS) is 18.1. The van der Waals surface area contributed by atoms with Crippen LogP contribution in [0.2, 0.25) is 10.0 Å². The van der Waals surface area contributed by atoms with Gasteiger partial charge in [0.15, 0.2) is 5.52 Å². The summed E-state index contributed by atoms with van der Waals surface area (Å²) in [6, 6.07) is 5.00. The van der Waals surface area contributed by atoms with Crippen molar-refractivity contribution in [2.45, 2.75) is 66.3 Å². The predicted molar refractivity (Wildman–Crippen MR) is 177 cm³/mol. The van der Waals surface area contributed by atoms with Crippen molar-refractivity contribution in [3.8, 4) is 0 Å². The van der Waals surface area contributed by atoms with Crippen molar-refractivity contribution in [1.82, 2.24) is 30.0 Å². The molecule has 0 bridgehead atoms. The van der Waals surface area contributed by atoms with Gasteiger partial charge in [0.2, 0.25) is 11.9 Å². The number of β-amino-alcohol motifs (C(OH)–C–C–N with tert-alkyl or cyclic N) is 1. The first kappa shape index (κ1) is 40.5. The highest BCUT2D eigenvalue weighted by atomic mass is 35.5. The van der Waals surface area contributed by atoms with Crippen LogP contribution in [-0.2, 0) is 11.3 Å². The fourth-order valence-electron chi connectivity index (χ4n) is 4.62. The van der Waals surface area contributed by atoms with Crippen molar-refractivity contribution in [1.29, 1.82) is 0 Å². The van der Waals surface area contributed by atoms with Crippen molar-refractivity contribution in [3.63, 3.8) is 0 Å². The summed E-state index contributed by atoms with van der Waals surface area (Å²) < 4.78 is 1.73. The van der Waals surface area contributed by atoms with Gasteiger partial charge in [0.1, 0.15) is 5.52 Å². The summed E-state index contributed by atoms with van der Waals surface area (Å²) in [5.41, 5.74) is 1.55. The number of H-pyrrole nitrogens is 1. The van der Waals surface area contributed by atoms with Crippen LogP contribution in [0.25, 0.3) is 11.0 Å². The second-order valence-electron chi connectivity index (χ2n) is 8.75. The number of hydrogen-bond donors (Lipinski definition) is 4. The third-order valence-corrected chi connectivity index (χ3v) is 7.17. The Labute approximate surface area is 265 Å². The number of aromatic amines is 1. The van der Waals surface area contributed by atoms with E-state index in [4.69, 9.17) is 23.2 Å². The molecule has 1 amide bonds. The zero-order chi connectivity index (χ0) is 23.8. The molecule has 2 aromatic heterocycles. The molecule has 3 aromatic rings. The molecule has 0 aliphatic carbocycles. The molecule has 2 aliphatic heterocycles. The van der Waals surface area contributed by atoms with Crippen LogP contribution in [0.1, 0.15) is 53.1 Å². The van der Waals surface area contributed by atoms with Gasteiger partial charge in [-0.25, -0.2) is 4.98 Å². The molecule has 0 saturated carbocycles. The van der Waals surface area contributed by atoms with E-state index in [0.717, 1.165) is 5.56 Å². The predicted octanol–water partition coefficient (Wildman–Crippen LogP) is 4.48. The molecule has 40 heavy (non-hydrogen) atoms. The zero-order valence-electron chi connectivity index (χ0n) is 19.7. The van der Waals surface area contributed by atoms with Crippen LogP contribution in [0.5, 0.6) is 0 Å². The summed E-state index contributed by atoms with van der Waals surface area (Å²) in [6.45, 7) is 2.02. The number of amides is 1. The van der Waals surface area contributed by atoms with E-state index >= 15 is 0 Å². The van der Waals surface area contributed by atoms with Crippen molar-refractivity contribution in [2.75, 3.05) is 25.0 Å². The van der Waals surface area contributed by atoms with Crippen LogP contribution >= 0.6 is 62.6 Å². The van der Waals surface area contributed by atoms with Crippen LogP contribution in [0.4, 0.5) is 5.95 Å². The van der Waals surface area contributed by atoms with Crippen molar-refractivity contribution in [2.24, 2.45) is 0 Å². The van der Waals surface area contributed by atoms with Crippen molar-refractivity contribution in [3.05, 3.63) is 50.4 Å². The van der Waals surface area contributed by atoms with Gasteiger partial charge in [-0.2, -0.15) is 32.1 Å². The van der Waals surface area contributed by atoms with Gasteiger partial charge in [0.25, 0.3) is 5.56 Å². The number of nitrogens with zero attached hydrogens (tertiary/aromatic N) is 4. The van der Waals surface area contributed by atoms with Crippen LogP contribution < -0.4 is 16.2 Å². The summed E-state index contributed by atoms with van der Waals surface area (Å²) in [6.07, 6.45) is 2.95. The van der Waals surface area contributed by atoms with Crippen LogP contribution in [0.3, 0.4) is 0 Å². The largest absolute Gasteiger partial charge is 0.392 e. The Morgan fingerprint density at radius 1 is 1.12 bits per heavy atom. The lowest BCUT2D eigenvalue weighted by molar-refractivity contribution is -0.134. The summed E-state index contributed by atoms with van der Waals surface area (Å²) >= 11 is 12.0. The van der Waals surface area contributed by atoms with Gasteiger partial charge in [-0.1, -0.05) is 51.5 Å². The van der Waals surface area contributed by atoms with Crippen LogP contribution in [0.15, 0.2) is 29.2 Å². The second-order valence-corrected chi connectivity index (χ2v) is 9.56. The van der Waals surface area contributed by atoms with Gasteiger partial charge < -0.3 is 20.6 Å². The minimum absolute atomic E-state index is 0. The summed E-state index contributed by atoms with van der Waals surface area (Å²) in [5.74, 6) is 0.368. The topological polar surface area (TPSA) is 128 Å². The molecule has 0 unspecified atom stereocenters. The molecule has 228 valence electrons.